The van der Waals surface area contributed by atoms with Crippen molar-refractivity contribution in [2.45, 2.75) is 12.8 Å². The van der Waals surface area contributed by atoms with Crippen molar-refractivity contribution in [2.24, 2.45) is 5.92 Å². The first-order valence-electron chi connectivity index (χ1n) is 5.85. The van der Waals surface area contributed by atoms with E-state index in [-0.39, 0.29) is 17.4 Å². The first-order valence-corrected chi connectivity index (χ1v) is 7.01. The quantitative estimate of drug-likeness (QED) is 0.717. The fraction of sp³-hybridized carbons (Fsp3) is 0.818. The summed E-state index contributed by atoms with van der Waals surface area (Å²) in [5, 5.41) is 11.6. The molecule has 0 bridgehead atoms. The normalized spacial score (nSPS) is 20.3. The predicted molar refractivity (Wildman–Crippen MR) is 68.2 cm³/mol. The van der Waals surface area contributed by atoms with E-state index in [1.807, 2.05) is 11.9 Å². The van der Waals surface area contributed by atoms with Crippen LogP contribution in [0.15, 0.2) is 0 Å². The lowest BCUT2D eigenvalue weighted by Crippen LogP contribution is -2.43. The Balaban J connectivity index is 2.28. The molecule has 0 aromatic rings. The first kappa shape index (κ1) is 14.3. The fourth-order valence-electron chi connectivity index (χ4n) is 2.06. The second-order valence-electron chi connectivity index (χ2n) is 4.29. The number of amides is 1. The molecule has 0 aromatic heterocycles. The van der Waals surface area contributed by atoms with Crippen LogP contribution in [0.1, 0.15) is 12.8 Å². The number of carbonyl (C=O) groups excluding carboxylic acids is 1. The molecule has 0 aromatic carbocycles. The highest BCUT2D eigenvalue weighted by atomic mass is 32.2. The summed E-state index contributed by atoms with van der Waals surface area (Å²) in [5.41, 5.74) is 0. The maximum Gasteiger partial charge on any atom is 0.313 e. The van der Waals surface area contributed by atoms with E-state index in [4.69, 9.17) is 5.11 Å². The molecular formula is C11H20N2O3S. The van der Waals surface area contributed by atoms with E-state index in [1.165, 1.54) is 11.8 Å². The second kappa shape index (κ2) is 7.55. The number of likely N-dealkylation sites (tertiary alicyclic amines) is 1. The molecule has 1 aliphatic heterocycles. The Morgan fingerprint density at radius 3 is 2.88 bits per heavy atom. The van der Waals surface area contributed by atoms with Crippen molar-refractivity contribution in [3.63, 3.8) is 0 Å². The van der Waals surface area contributed by atoms with Gasteiger partial charge in [-0.1, -0.05) is 0 Å². The summed E-state index contributed by atoms with van der Waals surface area (Å²) in [6.45, 7) is 2.55. The van der Waals surface area contributed by atoms with Gasteiger partial charge >= 0.3 is 5.97 Å². The third kappa shape index (κ3) is 5.41. The molecular weight excluding hydrogens is 240 g/mol. The van der Waals surface area contributed by atoms with Crippen LogP contribution in [-0.4, -0.2) is 60.1 Å². The number of rotatable bonds is 6. The van der Waals surface area contributed by atoms with Gasteiger partial charge in [-0.25, -0.2) is 0 Å². The largest absolute Gasteiger partial charge is 0.481 e. The molecule has 0 radical (unpaired) electrons. The Morgan fingerprint density at radius 2 is 2.24 bits per heavy atom. The van der Waals surface area contributed by atoms with Crippen LogP contribution >= 0.6 is 11.8 Å². The van der Waals surface area contributed by atoms with Gasteiger partial charge in [-0.15, -0.1) is 11.8 Å². The molecule has 0 aliphatic carbocycles. The highest BCUT2D eigenvalue weighted by Gasteiger charge is 2.22. The number of nitrogens with zero attached hydrogens (tertiary/aromatic N) is 1. The zero-order valence-corrected chi connectivity index (χ0v) is 11.0. The molecule has 1 aliphatic rings. The number of hydrogen-bond acceptors (Lipinski definition) is 4. The molecule has 1 saturated heterocycles. The Bertz CT molecular complexity index is 271. The summed E-state index contributed by atoms with van der Waals surface area (Å²) in [4.78, 5) is 24.0. The van der Waals surface area contributed by atoms with Gasteiger partial charge in [0.15, 0.2) is 0 Å². The van der Waals surface area contributed by atoms with Crippen LogP contribution in [0.4, 0.5) is 0 Å². The van der Waals surface area contributed by atoms with Gasteiger partial charge in [-0.3, -0.25) is 9.59 Å². The second-order valence-corrected chi connectivity index (χ2v) is 5.28. The topological polar surface area (TPSA) is 69.6 Å². The average molecular weight is 260 g/mol. The van der Waals surface area contributed by atoms with Gasteiger partial charge in [-0.05, 0) is 32.4 Å². The highest BCUT2D eigenvalue weighted by Crippen LogP contribution is 2.16. The number of piperidine rings is 1. The van der Waals surface area contributed by atoms with Crippen molar-refractivity contribution in [2.75, 3.05) is 38.2 Å². The number of nitrogens with one attached hydrogen (secondary N) is 1. The number of carbonyl (C=O) groups is 2. The molecule has 1 rings (SSSR count). The Kier molecular flexibility index (Phi) is 6.36. The van der Waals surface area contributed by atoms with E-state index in [1.54, 1.807) is 0 Å². The molecule has 0 spiro atoms. The zero-order chi connectivity index (χ0) is 12.7. The minimum absolute atomic E-state index is 0.000472. The molecule has 1 unspecified atom stereocenters. The lowest BCUT2D eigenvalue weighted by atomic mass is 9.98. The summed E-state index contributed by atoms with van der Waals surface area (Å²) >= 11 is 1.17. The van der Waals surface area contributed by atoms with Crippen molar-refractivity contribution in [3.05, 3.63) is 0 Å². The van der Waals surface area contributed by atoms with E-state index in [2.05, 4.69) is 5.32 Å². The van der Waals surface area contributed by atoms with Crippen LogP contribution < -0.4 is 5.32 Å². The zero-order valence-electron chi connectivity index (χ0n) is 10.1. The van der Waals surface area contributed by atoms with E-state index >= 15 is 0 Å². The Hall–Kier alpha value is -0.750. The van der Waals surface area contributed by atoms with Crippen LogP contribution in [0.5, 0.6) is 0 Å². The van der Waals surface area contributed by atoms with Crippen molar-refractivity contribution in [1.82, 2.24) is 10.2 Å². The molecule has 98 valence electrons. The predicted octanol–water partition coefficient (Wildman–Crippen LogP) is 0.262. The molecule has 1 fully saturated rings. The third-order valence-electron chi connectivity index (χ3n) is 2.82. The van der Waals surface area contributed by atoms with Crippen molar-refractivity contribution in [3.8, 4) is 0 Å². The van der Waals surface area contributed by atoms with Crippen molar-refractivity contribution in [1.29, 1.82) is 0 Å². The first-order chi connectivity index (χ1) is 8.13. The standard InChI is InChI=1S/C11H20N2O3S/c1-12-5-9-3-2-4-13(6-9)10(14)7-17-8-11(15)16/h9,12H,2-8H2,1H3,(H,15,16). The number of aliphatic carboxylic acids is 1. The van der Waals surface area contributed by atoms with Crippen LogP contribution in [0.3, 0.4) is 0 Å². The fourth-order valence-corrected chi connectivity index (χ4v) is 2.70. The van der Waals surface area contributed by atoms with Gasteiger partial charge in [0.1, 0.15) is 0 Å². The van der Waals surface area contributed by atoms with Gasteiger partial charge < -0.3 is 15.3 Å². The lowest BCUT2D eigenvalue weighted by molar-refractivity contribution is -0.133. The number of carboxylic acid groups (broad SMARTS) is 1. The van der Waals surface area contributed by atoms with Crippen LogP contribution in [0, 0.1) is 5.92 Å². The van der Waals surface area contributed by atoms with Gasteiger partial charge in [0.2, 0.25) is 5.91 Å². The maximum atomic E-state index is 11.8. The minimum Gasteiger partial charge on any atom is -0.481 e. The van der Waals surface area contributed by atoms with Crippen LogP contribution in [-0.2, 0) is 9.59 Å². The van der Waals surface area contributed by atoms with E-state index in [9.17, 15) is 9.59 Å². The smallest absolute Gasteiger partial charge is 0.313 e. The van der Waals surface area contributed by atoms with E-state index in [0.717, 1.165) is 32.5 Å². The number of carboxylic acids is 1. The summed E-state index contributed by atoms with van der Waals surface area (Å²) in [5.74, 6) is 0.00620. The molecule has 17 heavy (non-hydrogen) atoms. The summed E-state index contributed by atoms with van der Waals surface area (Å²) in [7, 11) is 1.92. The third-order valence-corrected chi connectivity index (χ3v) is 3.72. The number of thioether (sulfide) groups is 1. The highest BCUT2D eigenvalue weighted by molar-refractivity contribution is 8.00. The van der Waals surface area contributed by atoms with Crippen LogP contribution in [0.25, 0.3) is 0 Å². The maximum absolute atomic E-state index is 11.8. The lowest BCUT2D eigenvalue weighted by Gasteiger charge is -2.32. The molecule has 0 saturated carbocycles. The Labute approximate surface area is 106 Å². The summed E-state index contributed by atoms with van der Waals surface area (Å²) in [6, 6.07) is 0. The monoisotopic (exact) mass is 260 g/mol. The average Bonchev–Trinajstić information content (AvgIpc) is 2.29. The minimum atomic E-state index is -0.866. The van der Waals surface area contributed by atoms with Crippen molar-refractivity contribution < 1.29 is 14.7 Å². The van der Waals surface area contributed by atoms with Gasteiger partial charge in [0, 0.05) is 13.1 Å². The van der Waals surface area contributed by atoms with Gasteiger partial charge in [-0.2, -0.15) is 0 Å². The number of hydrogen-bond donors (Lipinski definition) is 2. The molecule has 1 amide bonds. The summed E-state index contributed by atoms with van der Waals surface area (Å²) < 4.78 is 0. The van der Waals surface area contributed by atoms with Gasteiger partial charge in [0.05, 0.1) is 11.5 Å². The summed E-state index contributed by atoms with van der Waals surface area (Å²) in [6.07, 6.45) is 2.20. The van der Waals surface area contributed by atoms with E-state index < -0.39 is 5.97 Å². The van der Waals surface area contributed by atoms with Crippen LogP contribution in [0.2, 0.25) is 0 Å². The molecule has 6 heteroatoms. The SMILES string of the molecule is CNCC1CCCN(C(=O)CSCC(=O)O)C1. The molecule has 1 heterocycles. The Morgan fingerprint density at radius 1 is 1.47 bits per heavy atom. The molecule has 1 atom stereocenters. The molecule has 5 nitrogen and oxygen atoms in total. The van der Waals surface area contributed by atoms with Crippen molar-refractivity contribution >= 4 is 23.6 Å². The van der Waals surface area contributed by atoms with E-state index in [0.29, 0.717) is 5.92 Å². The van der Waals surface area contributed by atoms with Gasteiger partial charge in [0.25, 0.3) is 0 Å². The molecule has 2 N–H and O–H groups in total.